The van der Waals surface area contributed by atoms with Crippen molar-refractivity contribution in [2.75, 3.05) is 13.7 Å². The van der Waals surface area contributed by atoms with Crippen LogP contribution in [0.2, 0.25) is 0 Å². The second-order valence-corrected chi connectivity index (χ2v) is 4.20. The van der Waals surface area contributed by atoms with Gasteiger partial charge in [-0.2, -0.15) is 0 Å². The maximum Gasteiger partial charge on any atom is 0.159 e. The molecular weight excluding hydrogens is 252 g/mol. The lowest BCUT2D eigenvalue weighted by Crippen LogP contribution is -2.14. The van der Waals surface area contributed by atoms with Crippen LogP contribution < -0.4 is 5.73 Å². The molecule has 0 aliphatic heterocycles. The van der Waals surface area contributed by atoms with Crippen molar-refractivity contribution in [1.82, 2.24) is 9.97 Å². The van der Waals surface area contributed by atoms with Crippen LogP contribution >= 0.6 is 0 Å². The molecule has 0 aliphatic rings. The number of nitrogens with two attached hydrogens (primary N) is 1. The number of aromatic nitrogens is 2. The van der Waals surface area contributed by atoms with Crippen LogP contribution in [0.3, 0.4) is 0 Å². The van der Waals surface area contributed by atoms with Crippen molar-refractivity contribution in [2.45, 2.75) is 12.5 Å². The van der Waals surface area contributed by atoms with Gasteiger partial charge in [0, 0.05) is 19.3 Å². The molecule has 2 rings (SSSR count). The van der Waals surface area contributed by atoms with E-state index in [1.807, 2.05) is 0 Å². The number of imidazole rings is 1. The summed E-state index contributed by atoms with van der Waals surface area (Å²) in [6.07, 6.45) is 2.18. The largest absolute Gasteiger partial charge is 0.385 e. The molecule has 1 atom stereocenters. The van der Waals surface area contributed by atoms with Crippen LogP contribution in [0.15, 0.2) is 24.4 Å². The van der Waals surface area contributed by atoms with Gasteiger partial charge in [0.1, 0.15) is 5.82 Å². The average Bonchev–Trinajstić information content (AvgIpc) is 2.89. The lowest BCUT2D eigenvalue weighted by molar-refractivity contribution is 0.187. The maximum absolute atomic E-state index is 13.1. The maximum atomic E-state index is 13.1. The Morgan fingerprint density at radius 2 is 2.16 bits per heavy atom. The van der Waals surface area contributed by atoms with Gasteiger partial charge in [-0.1, -0.05) is 0 Å². The van der Waals surface area contributed by atoms with Gasteiger partial charge in [-0.3, -0.25) is 0 Å². The smallest absolute Gasteiger partial charge is 0.159 e. The summed E-state index contributed by atoms with van der Waals surface area (Å²) < 4.78 is 30.9. The Morgan fingerprint density at radius 1 is 1.37 bits per heavy atom. The summed E-state index contributed by atoms with van der Waals surface area (Å²) in [6, 6.07) is 3.40. The Morgan fingerprint density at radius 3 is 2.84 bits per heavy atom. The fourth-order valence-electron chi connectivity index (χ4n) is 1.72. The molecule has 1 unspecified atom stereocenters. The summed E-state index contributed by atoms with van der Waals surface area (Å²) in [4.78, 5) is 7.15. The molecule has 0 spiro atoms. The third-order valence-corrected chi connectivity index (χ3v) is 2.81. The average molecular weight is 267 g/mol. The van der Waals surface area contributed by atoms with Gasteiger partial charge < -0.3 is 15.5 Å². The summed E-state index contributed by atoms with van der Waals surface area (Å²) in [6.45, 7) is 0.530. The second-order valence-electron chi connectivity index (χ2n) is 4.20. The van der Waals surface area contributed by atoms with E-state index in [9.17, 15) is 8.78 Å². The summed E-state index contributed by atoms with van der Waals surface area (Å²) in [5, 5.41) is 0. The third-order valence-electron chi connectivity index (χ3n) is 2.81. The summed E-state index contributed by atoms with van der Waals surface area (Å²) in [5.74, 6) is -1.17. The van der Waals surface area contributed by atoms with Crippen LogP contribution in [0.5, 0.6) is 0 Å². The topological polar surface area (TPSA) is 63.9 Å². The minimum atomic E-state index is -0.891. The number of methoxy groups -OCH3 is 1. The molecule has 0 fully saturated rings. The van der Waals surface area contributed by atoms with Crippen LogP contribution in [0.4, 0.5) is 8.78 Å². The highest BCUT2D eigenvalue weighted by atomic mass is 19.2. The third kappa shape index (κ3) is 3.15. The quantitative estimate of drug-likeness (QED) is 0.874. The predicted octanol–water partition coefficient (Wildman–Crippen LogP) is 2.39. The van der Waals surface area contributed by atoms with E-state index in [0.29, 0.717) is 30.1 Å². The Bertz CT molecular complexity index is 557. The Balaban J connectivity index is 2.18. The number of hydrogen-bond donors (Lipinski definition) is 2. The summed E-state index contributed by atoms with van der Waals surface area (Å²) in [5.41, 5.74) is 7.04. The fraction of sp³-hybridized carbons (Fsp3) is 0.308. The van der Waals surface area contributed by atoms with E-state index in [4.69, 9.17) is 10.5 Å². The van der Waals surface area contributed by atoms with Gasteiger partial charge in [0.25, 0.3) is 0 Å². The highest BCUT2D eigenvalue weighted by molar-refractivity contribution is 5.58. The highest BCUT2D eigenvalue weighted by Crippen LogP contribution is 2.21. The summed E-state index contributed by atoms with van der Waals surface area (Å²) >= 11 is 0. The molecule has 1 aromatic carbocycles. The molecule has 6 heteroatoms. The lowest BCUT2D eigenvalue weighted by atomic mass is 10.1. The van der Waals surface area contributed by atoms with Gasteiger partial charge in [-0.25, -0.2) is 13.8 Å². The first-order valence-electron chi connectivity index (χ1n) is 5.86. The summed E-state index contributed by atoms with van der Waals surface area (Å²) in [7, 11) is 1.60. The van der Waals surface area contributed by atoms with Crippen molar-refractivity contribution in [2.24, 2.45) is 5.73 Å². The number of aromatic amines is 1. The van der Waals surface area contributed by atoms with Crippen molar-refractivity contribution >= 4 is 0 Å². The van der Waals surface area contributed by atoms with Gasteiger partial charge in [-0.15, -0.1) is 0 Å². The van der Waals surface area contributed by atoms with E-state index < -0.39 is 11.6 Å². The Hall–Kier alpha value is -1.79. The van der Waals surface area contributed by atoms with E-state index in [1.165, 1.54) is 6.07 Å². The molecule has 0 aliphatic carbocycles. The van der Waals surface area contributed by atoms with Crippen LogP contribution in [0.25, 0.3) is 11.3 Å². The van der Waals surface area contributed by atoms with Gasteiger partial charge in [-0.05, 0) is 24.6 Å². The molecule has 102 valence electrons. The monoisotopic (exact) mass is 267 g/mol. The SMILES string of the molecule is COCCC(N)c1ncc(-c2ccc(F)c(F)c2)[nH]1. The molecular formula is C13H15F2N3O. The van der Waals surface area contributed by atoms with E-state index >= 15 is 0 Å². The zero-order valence-electron chi connectivity index (χ0n) is 10.5. The molecule has 0 amide bonds. The second kappa shape index (κ2) is 5.90. The van der Waals surface area contributed by atoms with Gasteiger partial charge in [0.05, 0.1) is 17.9 Å². The van der Waals surface area contributed by atoms with Gasteiger partial charge in [0.2, 0.25) is 0 Å². The number of H-pyrrole nitrogens is 1. The van der Waals surface area contributed by atoms with Crippen molar-refractivity contribution in [3.63, 3.8) is 0 Å². The standard InChI is InChI=1S/C13H15F2N3O/c1-19-5-4-11(16)13-17-7-12(18-13)8-2-3-9(14)10(15)6-8/h2-3,6-7,11H,4-5,16H2,1H3,(H,17,18). The molecule has 2 aromatic rings. The van der Waals surface area contributed by atoms with Gasteiger partial charge >= 0.3 is 0 Å². The number of benzene rings is 1. The zero-order chi connectivity index (χ0) is 13.8. The number of ether oxygens (including phenoxy) is 1. The number of nitrogens with one attached hydrogen (secondary N) is 1. The normalized spacial score (nSPS) is 12.6. The number of rotatable bonds is 5. The number of nitrogens with zero attached hydrogens (tertiary/aromatic N) is 1. The molecule has 4 nitrogen and oxygen atoms in total. The van der Waals surface area contributed by atoms with E-state index in [0.717, 1.165) is 12.1 Å². The molecule has 0 bridgehead atoms. The molecule has 0 saturated heterocycles. The predicted molar refractivity (Wildman–Crippen MR) is 67.4 cm³/mol. The van der Waals surface area contributed by atoms with E-state index in [1.54, 1.807) is 13.3 Å². The van der Waals surface area contributed by atoms with Crippen molar-refractivity contribution in [1.29, 1.82) is 0 Å². The lowest BCUT2D eigenvalue weighted by Gasteiger charge is -2.07. The highest BCUT2D eigenvalue weighted by Gasteiger charge is 2.12. The van der Waals surface area contributed by atoms with Crippen molar-refractivity contribution in [3.05, 3.63) is 41.9 Å². The van der Waals surface area contributed by atoms with E-state index in [2.05, 4.69) is 9.97 Å². The molecule has 1 heterocycles. The molecule has 1 aromatic heterocycles. The number of hydrogen-bond acceptors (Lipinski definition) is 3. The van der Waals surface area contributed by atoms with Crippen LogP contribution in [0.1, 0.15) is 18.3 Å². The molecule has 3 N–H and O–H groups in total. The first kappa shape index (κ1) is 13.6. The minimum absolute atomic E-state index is 0.279. The molecule has 19 heavy (non-hydrogen) atoms. The van der Waals surface area contributed by atoms with Gasteiger partial charge in [0.15, 0.2) is 11.6 Å². The minimum Gasteiger partial charge on any atom is -0.385 e. The molecule has 0 saturated carbocycles. The zero-order valence-corrected chi connectivity index (χ0v) is 10.5. The van der Waals surface area contributed by atoms with Crippen LogP contribution in [-0.2, 0) is 4.74 Å². The number of halogens is 2. The van der Waals surface area contributed by atoms with Crippen molar-refractivity contribution < 1.29 is 13.5 Å². The fourth-order valence-corrected chi connectivity index (χ4v) is 1.72. The molecule has 0 radical (unpaired) electrons. The van der Waals surface area contributed by atoms with Crippen LogP contribution in [-0.4, -0.2) is 23.7 Å². The first-order valence-corrected chi connectivity index (χ1v) is 5.86. The Kier molecular flexibility index (Phi) is 4.24. The van der Waals surface area contributed by atoms with Crippen molar-refractivity contribution in [3.8, 4) is 11.3 Å². The van der Waals surface area contributed by atoms with Crippen LogP contribution in [0, 0.1) is 11.6 Å². The first-order chi connectivity index (χ1) is 9.11. The van der Waals surface area contributed by atoms with E-state index in [-0.39, 0.29) is 6.04 Å². The Labute approximate surface area is 109 Å².